The molecule has 1 aliphatic heterocycles. The summed E-state index contributed by atoms with van der Waals surface area (Å²) in [7, 11) is 2.01. The summed E-state index contributed by atoms with van der Waals surface area (Å²) in [6, 6.07) is 10.6. The zero-order chi connectivity index (χ0) is 18.9. The average molecular weight is 373 g/mol. The number of likely N-dealkylation sites (N-methyl/N-ethyl adjacent to an activating group) is 1. The molecule has 1 aromatic heterocycles. The number of nitrogens with zero attached hydrogens (tertiary/aromatic N) is 2. The quantitative estimate of drug-likeness (QED) is 0.696. The maximum absolute atomic E-state index is 5.02. The summed E-state index contributed by atoms with van der Waals surface area (Å²) in [5.41, 5.74) is 3.46. The van der Waals surface area contributed by atoms with Crippen molar-refractivity contribution in [2.75, 3.05) is 32.0 Å². The van der Waals surface area contributed by atoms with Crippen LogP contribution in [-0.4, -0.2) is 37.4 Å². The minimum absolute atomic E-state index is 0.883. The number of nitrogens with one attached hydrogen (secondary N) is 2. The number of aryl methyl sites for hydroxylation is 1. The van der Waals surface area contributed by atoms with Gasteiger partial charge in [-0.05, 0) is 57.6 Å². The zero-order valence-electron chi connectivity index (χ0n) is 16.7. The first-order valence-corrected chi connectivity index (χ1v) is 10.5. The van der Waals surface area contributed by atoms with Crippen LogP contribution in [0.3, 0.4) is 0 Å². The second kappa shape index (κ2) is 10.3. The second-order valence-corrected chi connectivity index (χ2v) is 7.35. The molecule has 2 heterocycles. The molecule has 4 nitrogen and oxygen atoms in total. The van der Waals surface area contributed by atoms with E-state index in [0.717, 1.165) is 43.9 Å². The van der Waals surface area contributed by atoms with Gasteiger partial charge in [-0.15, -0.1) is 11.3 Å². The van der Waals surface area contributed by atoms with E-state index >= 15 is 0 Å². The molecule has 0 amide bonds. The molecule has 2 N–H and O–H groups in total. The number of anilines is 2. The van der Waals surface area contributed by atoms with Crippen molar-refractivity contribution in [1.82, 2.24) is 10.2 Å². The molecule has 142 valence electrons. The van der Waals surface area contributed by atoms with Crippen molar-refractivity contribution >= 4 is 33.5 Å². The molecule has 0 radical (unpaired) electrons. The van der Waals surface area contributed by atoms with E-state index in [4.69, 9.17) is 4.99 Å². The molecule has 0 aliphatic carbocycles. The summed E-state index contributed by atoms with van der Waals surface area (Å²) in [5.74, 6) is 1.17. The summed E-state index contributed by atoms with van der Waals surface area (Å²) < 4.78 is 0. The Kier molecular flexibility index (Phi) is 8.13. The molecule has 0 atom stereocenters. The summed E-state index contributed by atoms with van der Waals surface area (Å²) in [5, 5.41) is 8.06. The molecule has 0 spiro atoms. The lowest BCUT2D eigenvalue weighted by Crippen LogP contribution is -2.34. The lowest BCUT2D eigenvalue weighted by atomic mass is 10.1. The number of hydrogen-bond donors (Lipinski definition) is 2. The van der Waals surface area contributed by atoms with Crippen molar-refractivity contribution in [2.45, 2.75) is 40.5 Å². The van der Waals surface area contributed by atoms with Crippen molar-refractivity contribution in [3.63, 3.8) is 0 Å². The number of benzene rings is 1. The smallest absolute Gasteiger partial charge is 0.109 e. The van der Waals surface area contributed by atoms with Crippen molar-refractivity contribution in [3.05, 3.63) is 40.8 Å². The Balaban J connectivity index is 0.00000117. The lowest BCUT2D eigenvalue weighted by molar-refractivity contribution is 0.421. The van der Waals surface area contributed by atoms with Crippen LogP contribution in [0, 0.1) is 6.92 Å². The van der Waals surface area contributed by atoms with Gasteiger partial charge in [0.2, 0.25) is 0 Å². The van der Waals surface area contributed by atoms with Crippen LogP contribution in [0.25, 0.3) is 0 Å². The van der Waals surface area contributed by atoms with E-state index in [-0.39, 0.29) is 0 Å². The Bertz CT molecular complexity index is 721. The van der Waals surface area contributed by atoms with Gasteiger partial charge in [-0.25, -0.2) is 4.99 Å². The van der Waals surface area contributed by atoms with Crippen molar-refractivity contribution in [2.24, 2.45) is 4.99 Å². The van der Waals surface area contributed by atoms with Crippen LogP contribution in [0.2, 0.25) is 0 Å². The molecular formula is C21H32N4S. The Hall–Kier alpha value is -1.85. The Morgan fingerprint density at radius 1 is 1.27 bits per heavy atom. The Labute approximate surface area is 162 Å². The minimum atomic E-state index is 0.883. The number of hydrogen-bond acceptors (Lipinski definition) is 5. The lowest BCUT2D eigenvalue weighted by Gasteiger charge is -2.26. The van der Waals surface area contributed by atoms with Crippen LogP contribution >= 0.6 is 11.3 Å². The summed E-state index contributed by atoms with van der Waals surface area (Å²) in [6.07, 6.45) is 2.01. The van der Waals surface area contributed by atoms with Crippen LogP contribution in [0.4, 0.5) is 16.4 Å². The topological polar surface area (TPSA) is 39.7 Å². The van der Waals surface area contributed by atoms with Gasteiger partial charge < -0.3 is 15.5 Å². The van der Waals surface area contributed by atoms with Crippen molar-refractivity contribution in [1.29, 1.82) is 0 Å². The molecule has 0 unspecified atom stereocenters. The van der Waals surface area contributed by atoms with E-state index in [1.54, 1.807) is 0 Å². The maximum Gasteiger partial charge on any atom is 0.109 e. The van der Waals surface area contributed by atoms with Gasteiger partial charge >= 0.3 is 0 Å². The van der Waals surface area contributed by atoms with Gasteiger partial charge in [-0.1, -0.05) is 26.0 Å². The maximum atomic E-state index is 5.02. The van der Waals surface area contributed by atoms with Gasteiger partial charge in [0.15, 0.2) is 0 Å². The number of amidine groups is 1. The summed E-state index contributed by atoms with van der Waals surface area (Å²) in [6.45, 7) is 11.4. The van der Waals surface area contributed by atoms with Gasteiger partial charge in [0.1, 0.15) is 5.84 Å². The standard InChI is InChI=1S/C19H26N4S.C2H6/c1-4-23(11-7-10-20-3)18-13-15-12-14(2)24-19(15)22-17-9-6-5-8-16(17)21-18;1-2/h5-6,8-9,12,20,22H,4,7,10-11,13H2,1-3H3;1-2H3. The van der Waals surface area contributed by atoms with E-state index in [0.29, 0.717) is 0 Å². The van der Waals surface area contributed by atoms with Crippen LogP contribution in [0.5, 0.6) is 0 Å². The molecule has 1 aliphatic rings. The van der Waals surface area contributed by atoms with E-state index in [2.05, 4.69) is 59.7 Å². The fourth-order valence-electron chi connectivity index (χ4n) is 3.05. The van der Waals surface area contributed by atoms with Crippen LogP contribution in [-0.2, 0) is 6.42 Å². The zero-order valence-corrected chi connectivity index (χ0v) is 17.5. The van der Waals surface area contributed by atoms with Crippen LogP contribution in [0.1, 0.15) is 37.6 Å². The van der Waals surface area contributed by atoms with Gasteiger partial charge in [0.25, 0.3) is 0 Å². The molecule has 26 heavy (non-hydrogen) atoms. The molecule has 0 saturated carbocycles. The fraction of sp³-hybridized carbons (Fsp3) is 0.476. The summed E-state index contributed by atoms with van der Waals surface area (Å²) >= 11 is 1.82. The molecule has 3 rings (SSSR count). The molecule has 5 heteroatoms. The normalized spacial score (nSPS) is 12.4. The number of para-hydroxylation sites is 2. The second-order valence-electron chi connectivity index (χ2n) is 6.10. The van der Waals surface area contributed by atoms with Crippen molar-refractivity contribution in [3.8, 4) is 0 Å². The highest BCUT2D eigenvalue weighted by Gasteiger charge is 2.18. The molecular weight excluding hydrogens is 340 g/mol. The molecule has 0 bridgehead atoms. The van der Waals surface area contributed by atoms with E-state index in [9.17, 15) is 0 Å². The van der Waals surface area contributed by atoms with E-state index < -0.39 is 0 Å². The van der Waals surface area contributed by atoms with Crippen LogP contribution in [0.15, 0.2) is 35.3 Å². The molecule has 0 fully saturated rings. The molecule has 1 aromatic carbocycles. The number of thiophene rings is 1. The fourth-order valence-corrected chi connectivity index (χ4v) is 4.00. The Morgan fingerprint density at radius 3 is 2.77 bits per heavy atom. The Morgan fingerprint density at radius 2 is 2.04 bits per heavy atom. The van der Waals surface area contributed by atoms with Crippen LogP contribution < -0.4 is 10.6 Å². The monoisotopic (exact) mass is 372 g/mol. The third-order valence-electron chi connectivity index (χ3n) is 4.28. The predicted octanol–water partition coefficient (Wildman–Crippen LogP) is 5.34. The third kappa shape index (κ3) is 5.08. The number of fused-ring (bicyclic) bond motifs is 2. The highest BCUT2D eigenvalue weighted by Crippen LogP contribution is 2.37. The number of rotatable bonds is 5. The first-order chi connectivity index (χ1) is 12.7. The first kappa shape index (κ1) is 20.5. The SMILES string of the molecule is CC.CCN(CCCNC)C1=Nc2ccccc2Nc2sc(C)cc2C1. The highest BCUT2D eigenvalue weighted by atomic mass is 32.1. The van der Waals surface area contributed by atoms with E-state index in [1.165, 1.54) is 21.3 Å². The summed E-state index contributed by atoms with van der Waals surface area (Å²) in [4.78, 5) is 8.77. The van der Waals surface area contributed by atoms with Gasteiger partial charge in [-0.3, -0.25) is 0 Å². The molecule has 2 aromatic rings. The largest absolute Gasteiger partial charge is 0.360 e. The number of aliphatic imine (C=N–C) groups is 1. The highest BCUT2D eigenvalue weighted by molar-refractivity contribution is 7.16. The van der Waals surface area contributed by atoms with Gasteiger partial charge in [-0.2, -0.15) is 0 Å². The first-order valence-electron chi connectivity index (χ1n) is 9.63. The van der Waals surface area contributed by atoms with Gasteiger partial charge in [0, 0.05) is 24.4 Å². The van der Waals surface area contributed by atoms with E-state index in [1.807, 2.05) is 32.2 Å². The third-order valence-corrected chi connectivity index (χ3v) is 5.29. The predicted molar refractivity (Wildman–Crippen MR) is 117 cm³/mol. The average Bonchev–Trinajstić information content (AvgIpc) is 2.98. The molecule has 0 saturated heterocycles. The van der Waals surface area contributed by atoms with Crippen molar-refractivity contribution < 1.29 is 0 Å². The minimum Gasteiger partial charge on any atom is -0.360 e. The van der Waals surface area contributed by atoms with Gasteiger partial charge in [0.05, 0.1) is 16.4 Å².